The molecule has 5 heteroatoms. The molecule has 1 aromatic carbocycles. The van der Waals surface area contributed by atoms with Crippen LogP contribution in [0.3, 0.4) is 0 Å². The molecule has 0 saturated carbocycles. The quantitative estimate of drug-likeness (QED) is 0.368. The molecule has 4 nitrogen and oxygen atoms in total. The summed E-state index contributed by atoms with van der Waals surface area (Å²) in [6, 6.07) is 4.61. The van der Waals surface area contributed by atoms with Crippen LogP contribution in [0.25, 0.3) is 0 Å². The number of ketones is 1. The Balaban J connectivity index is 3.37. The van der Waals surface area contributed by atoms with Crippen LogP contribution in [0, 0.1) is 17.0 Å². The molecule has 1 unspecified atom stereocenters. The van der Waals surface area contributed by atoms with Crippen molar-refractivity contribution in [1.82, 2.24) is 0 Å². The van der Waals surface area contributed by atoms with Crippen LogP contribution < -0.4 is 0 Å². The summed E-state index contributed by atoms with van der Waals surface area (Å²) in [6.07, 6.45) is 0. The number of aryl methyl sites for hydroxylation is 1. The summed E-state index contributed by atoms with van der Waals surface area (Å²) >= 11 is 3.12. The third-order valence-electron chi connectivity index (χ3n) is 2.06. The van der Waals surface area contributed by atoms with Crippen molar-refractivity contribution in [3.8, 4) is 0 Å². The van der Waals surface area contributed by atoms with E-state index in [4.69, 9.17) is 0 Å². The van der Waals surface area contributed by atoms with E-state index >= 15 is 0 Å². The summed E-state index contributed by atoms with van der Waals surface area (Å²) in [7, 11) is 0. The van der Waals surface area contributed by atoms with Crippen molar-refractivity contribution in [3.05, 3.63) is 39.4 Å². The SMILES string of the molecule is Cc1cccc([N+](=O)[O-])c1C(=O)C(C)Br. The van der Waals surface area contributed by atoms with Crippen LogP contribution in [0.2, 0.25) is 0 Å². The third kappa shape index (κ3) is 2.41. The number of nitro groups is 1. The number of nitro benzene ring substituents is 1. The van der Waals surface area contributed by atoms with Crippen LogP contribution in [-0.2, 0) is 0 Å². The van der Waals surface area contributed by atoms with Gasteiger partial charge in [-0.15, -0.1) is 0 Å². The summed E-state index contributed by atoms with van der Waals surface area (Å²) in [5.41, 5.74) is 0.679. The van der Waals surface area contributed by atoms with Gasteiger partial charge in [0, 0.05) is 6.07 Å². The fourth-order valence-corrected chi connectivity index (χ4v) is 1.55. The van der Waals surface area contributed by atoms with Crippen molar-refractivity contribution in [1.29, 1.82) is 0 Å². The van der Waals surface area contributed by atoms with Crippen molar-refractivity contribution in [2.75, 3.05) is 0 Å². The van der Waals surface area contributed by atoms with Gasteiger partial charge in [-0.3, -0.25) is 14.9 Å². The van der Waals surface area contributed by atoms with E-state index in [1.807, 2.05) is 0 Å². The van der Waals surface area contributed by atoms with Crippen LogP contribution in [0.4, 0.5) is 5.69 Å². The molecular weight excluding hydrogens is 262 g/mol. The van der Waals surface area contributed by atoms with Crippen LogP contribution in [-0.4, -0.2) is 15.5 Å². The Morgan fingerprint density at radius 3 is 2.60 bits per heavy atom. The molecule has 0 aromatic heterocycles. The second kappa shape index (κ2) is 4.53. The molecule has 0 aliphatic heterocycles. The van der Waals surface area contributed by atoms with Gasteiger partial charge < -0.3 is 0 Å². The van der Waals surface area contributed by atoms with E-state index in [1.165, 1.54) is 6.07 Å². The molecular formula is C10H10BrNO3. The standard InChI is InChI=1S/C10H10BrNO3/c1-6-4-3-5-8(12(14)15)9(6)10(13)7(2)11/h3-5,7H,1-2H3. The average Bonchev–Trinajstić information content (AvgIpc) is 2.16. The Morgan fingerprint density at radius 2 is 2.13 bits per heavy atom. The molecule has 0 aliphatic rings. The second-order valence-electron chi connectivity index (χ2n) is 3.21. The van der Waals surface area contributed by atoms with Gasteiger partial charge in [-0.25, -0.2) is 0 Å². The van der Waals surface area contributed by atoms with Gasteiger partial charge in [0.25, 0.3) is 5.69 Å². The van der Waals surface area contributed by atoms with Gasteiger partial charge in [-0.05, 0) is 19.4 Å². The molecule has 1 atom stereocenters. The number of rotatable bonds is 3. The normalized spacial score (nSPS) is 12.2. The van der Waals surface area contributed by atoms with E-state index in [0.717, 1.165) is 0 Å². The number of benzene rings is 1. The first kappa shape index (κ1) is 11.8. The predicted octanol–water partition coefficient (Wildman–Crippen LogP) is 2.87. The molecule has 0 N–H and O–H groups in total. The van der Waals surface area contributed by atoms with Gasteiger partial charge in [0.05, 0.1) is 15.3 Å². The fourth-order valence-electron chi connectivity index (χ4n) is 1.32. The lowest BCUT2D eigenvalue weighted by molar-refractivity contribution is -0.385. The molecule has 80 valence electrons. The van der Waals surface area contributed by atoms with Crippen molar-refractivity contribution in [2.45, 2.75) is 18.7 Å². The van der Waals surface area contributed by atoms with Crippen molar-refractivity contribution < 1.29 is 9.72 Å². The minimum absolute atomic E-state index is 0.133. The Labute approximate surface area is 95.6 Å². The molecule has 0 heterocycles. The van der Waals surface area contributed by atoms with Gasteiger partial charge in [0.15, 0.2) is 5.78 Å². The highest BCUT2D eigenvalue weighted by Gasteiger charge is 2.24. The van der Waals surface area contributed by atoms with Gasteiger partial charge in [-0.1, -0.05) is 28.1 Å². The van der Waals surface area contributed by atoms with E-state index < -0.39 is 9.75 Å². The first-order valence-corrected chi connectivity index (χ1v) is 5.29. The number of halogens is 1. The monoisotopic (exact) mass is 271 g/mol. The number of Topliss-reactive ketones (excluding diaryl/α,β-unsaturated/α-hetero) is 1. The first-order valence-electron chi connectivity index (χ1n) is 4.37. The minimum atomic E-state index is -0.532. The Morgan fingerprint density at radius 1 is 1.53 bits per heavy atom. The molecule has 1 rings (SSSR count). The molecule has 0 bridgehead atoms. The maximum atomic E-state index is 11.7. The third-order valence-corrected chi connectivity index (χ3v) is 2.47. The van der Waals surface area contributed by atoms with Crippen LogP contribution in [0.15, 0.2) is 18.2 Å². The van der Waals surface area contributed by atoms with E-state index in [1.54, 1.807) is 26.0 Å². The summed E-state index contributed by atoms with van der Waals surface area (Å²) in [5.74, 6) is -0.264. The fraction of sp³-hybridized carbons (Fsp3) is 0.300. The number of hydrogen-bond acceptors (Lipinski definition) is 3. The van der Waals surface area contributed by atoms with E-state index in [0.29, 0.717) is 5.56 Å². The molecule has 0 fully saturated rings. The number of alkyl halides is 1. The largest absolute Gasteiger partial charge is 0.293 e. The van der Waals surface area contributed by atoms with Crippen molar-refractivity contribution in [3.63, 3.8) is 0 Å². The van der Waals surface area contributed by atoms with Crippen molar-refractivity contribution in [2.24, 2.45) is 0 Å². The maximum Gasteiger partial charge on any atom is 0.280 e. The second-order valence-corrected chi connectivity index (χ2v) is 4.58. The zero-order chi connectivity index (χ0) is 11.6. The molecule has 1 aromatic rings. The van der Waals surface area contributed by atoms with Gasteiger partial charge >= 0.3 is 0 Å². The lowest BCUT2D eigenvalue weighted by Gasteiger charge is -2.06. The number of carbonyl (C=O) groups excluding carboxylic acids is 1. The summed E-state index contributed by atoms with van der Waals surface area (Å²) < 4.78 is 0. The highest BCUT2D eigenvalue weighted by atomic mass is 79.9. The molecule has 0 spiro atoms. The minimum Gasteiger partial charge on any atom is -0.293 e. The Kier molecular flexibility index (Phi) is 3.57. The smallest absolute Gasteiger partial charge is 0.280 e. The van der Waals surface area contributed by atoms with E-state index in [9.17, 15) is 14.9 Å². The molecule has 0 saturated heterocycles. The van der Waals surface area contributed by atoms with Gasteiger partial charge in [-0.2, -0.15) is 0 Å². The topological polar surface area (TPSA) is 60.2 Å². The number of hydrogen-bond donors (Lipinski definition) is 0. The van der Waals surface area contributed by atoms with Crippen molar-refractivity contribution >= 4 is 27.4 Å². The Bertz CT molecular complexity index is 415. The van der Waals surface area contributed by atoms with Crippen LogP contribution >= 0.6 is 15.9 Å². The predicted molar refractivity (Wildman–Crippen MR) is 60.6 cm³/mol. The van der Waals surface area contributed by atoms with E-state index in [2.05, 4.69) is 15.9 Å². The summed E-state index contributed by atoms with van der Waals surface area (Å²) in [5, 5.41) is 10.7. The number of nitrogens with zero attached hydrogens (tertiary/aromatic N) is 1. The lowest BCUT2D eigenvalue weighted by atomic mass is 10.0. The van der Waals surface area contributed by atoms with Crippen LogP contribution in [0.5, 0.6) is 0 Å². The van der Waals surface area contributed by atoms with E-state index in [-0.39, 0.29) is 17.0 Å². The lowest BCUT2D eigenvalue weighted by Crippen LogP contribution is -2.14. The molecule has 0 radical (unpaired) electrons. The average molecular weight is 272 g/mol. The van der Waals surface area contributed by atoms with Gasteiger partial charge in [0.2, 0.25) is 0 Å². The highest BCUT2D eigenvalue weighted by molar-refractivity contribution is 9.10. The summed E-state index contributed by atoms with van der Waals surface area (Å²) in [6.45, 7) is 3.34. The molecule has 0 aliphatic carbocycles. The number of carbonyl (C=O) groups is 1. The molecule has 0 amide bonds. The Hall–Kier alpha value is -1.23. The molecule has 15 heavy (non-hydrogen) atoms. The highest BCUT2D eigenvalue weighted by Crippen LogP contribution is 2.24. The van der Waals surface area contributed by atoms with Crippen LogP contribution in [0.1, 0.15) is 22.8 Å². The first-order chi connectivity index (χ1) is 6.95. The zero-order valence-electron chi connectivity index (χ0n) is 8.36. The maximum absolute atomic E-state index is 11.7. The zero-order valence-corrected chi connectivity index (χ0v) is 9.95. The summed E-state index contributed by atoms with van der Waals surface area (Å²) in [4.78, 5) is 21.5. The van der Waals surface area contributed by atoms with Gasteiger partial charge in [0.1, 0.15) is 0 Å².